The van der Waals surface area contributed by atoms with Crippen LogP contribution in [0.15, 0.2) is 110 Å². The molecule has 46 heavy (non-hydrogen) atoms. The van der Waals surface area contributed by atoms with E-state index in [0.29, 0.717) is 25.3 Å². The van der Waals surface area contributed by atoms with Crippen LogP contribution in [0.4, 0.5) is 10.6 Å². The number of hydrogen-bond acceptors (Lipinski definition) is 5. The van der Waals surface area contributed by atoms with Gasteiger partial charge in [-0.25, -0.2) is 14.8 Å². The Morgan fingerprint density at radius 1 is 0.848 bits per heavy atom. The van der Waals surface area contributed by atoms with E-state index < -0.39 is 19.9 Å². The molecule has 0 bridgehead atoms. The van der Waals surface area contributed by atoms with Gasteiger partial charge in [0.25, 0.3) is 0 Å². The van der Waals surface area contributed by atoms with Gasteiger partial charge in [0, 0.05) is 25.3 Å². The largest absolute Gasteiger partial charge is 0.465 e. The number of fused-ring (bicyclic) bond motifs is 1. The van der Waals surface area contributed by atoms with Crippen LogP contribution in [-0.4, -0.2) is 64.2 Å². The molecule has 6 rings (SSSR count). The Morgan fingerprint density at radius 2 is 1.39 bits per heavy atom. The zero-order valence-electron chi connectivity index (χ0n) is 27.2. The zero-order chi connectivity index (χ0) is 32.5. The van der Waals surface area contributed by atoms with Crippen molar-refractivity contribution in [2.24, 2.45) is 0 Å². The minimum Gasteiger partial charge on any atom is -0.465 e. The summed E-state index contributed by atoms with van der Waals surface area (Å²) in [5.74, 6) is 0.676. The summed E-state index contributed by atoms with van der Waals surface area (Å²) in [7, 11) is -2.11. The topological polar surface area (TPSA) is 92.5 Å². The molecule has 238 valence electrons. The van der Waals surface area contributed by atoms with Gasteiger partial charge in [-0.2, -0.15) is 0 Å². The van der Waals surface area contributed by atoms with Crippen LogP contribution < -0.4 is 5.32 Å². The first kappa shape index (κ1) is 31.5. The molecule has 1 fully saturated rings. The van der Waals surface area contributed by atoms with Crippen molar-refractivity contribution < 1.29 is 14.3 Å². The van der Waals surface area contributed by atoms with Gasteiger partial charge in [-0.05, 0) is 47.3 Å². The maximum Gasteiger partial charge on any atom is 0.407 e. The third kappa shape index (κ3) is 5.81. The van der Waals surface area contributed by atoms with Crippen molar-refractivity contribution in [1.82, 2.24) is 19.4 Å². The SMILES string of the molecule is CC(C)(C)[Si](C)(C)OC1CC(Nc2ncnc3c2ccn3C(c2ccccc2)(c2ccccc2)c2ccccc2)CN(C(=O)O)C1. The fourth-order valence-corrected chi connectivity index (χ4v) is 7.84. The van der Waals surface area contributed by atoms with Crippen molar-refractivity contribution in [1.29, 1.82) is 0 Å². The molecular weight excluding hydrogens is 591 g/mol. The van der Waals surface area contributed by atoms with Crippen LogP contribution in [0.25, 0.3) is 11.0 Å². The minimum absolute atomic E-state index is 0.0198. The molecule has 8 nitrogen and oxygen atoms in total. The van der Waals surface area contributed by atoms with Crippen LogP contribution in [0.5, 0.6) is 0 Å². The van der Waals surface area contributed by atoms with E-state index in [1.165, 1.54) is 4.90 Å². The number of aromatic nitrogens is 3. The first-order valence-corrected chi connectivity index (χ1v) is 18.8. The van der Waals surface area contributed by atoms with E-state index in [2.05, 4.69) is 134 Å². The van der Waals surface area contributed by atoms with E-state index >= 15 is 0 Å². The zero-order valence-corrected chi connectivity index (χ0v) is 28.2. The summed E-state index contributed by atoms with van der Waals surface area (Å²) in [6, 6.07) is 33.4. The highest BCUT2D eigenvalue weighted by atomic mass is 28.4. The number of carbonyl (C=O) groups is 1. The molecule has 1 saturated heterocycles. The Hall–Kier alpha value is -4.47. The van der Waals surface area contributed by atoms with E-state index in [9.17, 15) is 9.90 Å². The average Bonchev–Trinajstić information content (AvgIpc) is 3.48. The lowest BCUT2D eigenvalue weighted by Gasteiger charge is -2.43. The summed E-state index contributed by atoms with van der Waals surface area (Å²) in [6.07, 6.45) is 3.23. The summed E-state index contributed by atoms with van der Waals surface area (Å²) < 4.78 is 8.97. The van der Waals surface area contributed by atoms with Gasteiger partial charge in [0.05, 0.1) is 11.5 Å². The molecule has 2 unspecified atom stereocenters. The second-order valence-corrected chi connectivity index (χ2v) is 18.5. The molecule has 5 aromatic rings. The van der Waals surface area contributed by atoms with Crippen LogP contribution in [-0.2, 0) is 9.96 Å². The number of benzene rings is 3. The van der Waals surface area contributed by atoms with Gasteiger partial charge in [0.1, 0.15) is 23.3 Å². The lowest BCUT2D eigenvalue weighted by molar-refractivity contribution is 0.0665. The van der Waals surface area contributed by atoms with Crippen molar-refractivity contribution in [2.75, 3.05) is 18.4 Å². The number of nitrogens with zero attached hydrogens (tertiary/aromatic N) is 4. The first-order chi connectivity index (χ1) is 22.0. The van der Waals surface area contributed by atoms with E-state index in [4.69, 9.17) is 9.41 Å². The number of likely N-dealkylation sites (tertiary alicyclic amines) is 1. The van der Waals surface area contributed by atoms with Gasteiger partial charge in [0.15, 0.2) is 8.32 Å². The van der Waals surface area contributed by atoms with Crippen LogP contribution in [0.1, 0.15) is 43.9 Å². The molecule has 3 aromatic carbocycles. The molecule has 9 heteroatoms. The molecule has 0 radical (unpaired) electrons. The van der Waals surface area contributed by atoms with Crippen LogP contribution >= 0.6 is 0 Å². The second kappa shape index (κ2) is 12.4. The van der Waals surface area contributed by atoms with E-state index in [0.717, 1.165) is 27.7 Å². The summed E-state index contributed by atoms with van der Waals surface area (Å²) in [5, 5.41) is 14.5. The fraction of sp³-hybridized carbons (Fsp3) is 0.324. The summed E-state index contributed by atoms with van der Waals surface area (Å²) in [4.78, 5) is 23.2. The van der Waals surface area contributed by atoms with E-state index in [1.807, 2.05) is 18.2 Å². The molecule has 1 aliphatic rings. The summed E-state index contributed by atoms with van der Waals surface area (Å²) >= 11 is 0. The lowest BCUT2D eigenvalue weighted by Crippen LogP contribution is -2.55. The van der Waals surface area contributed by atoms with Crippen LogP contribution in [0.2, 0.25) is 18.1 Å². The van der Waals surface area contributed by atoms with Gasteiger partial charge in [-0.15, -0.1) is 0 Å². The van der Waals surface area contributed by atoms with Crippen LogP contribution in [0.3, 0.4) is 0 Å². The summed E-state index contributed by atoms with van der Waals surface area (Å²) in [5.41, 5.74) is 3.37. The van der Waals surface area contributed by atoms with E-state index in [1.54, 1.807) is 6.33 Å². The first-order valence-electron chi connectivity index (χ1n) is 15.9. The molecule has 0 spiro atoms. The Morgan fingerprint density at radius 3 is 1.89 bits per heavy atom. The van der Waals surface area contributed by atoms with Gasteiger partial charge in [0.2, 0.25) is 0 Å². The molecule has 2 atom stereocenters. The fourth-order valence-electron chi connectivity index (χ4n) is 6.48. The highest BCUT2D eigenvalue weighted by molar-refractivity contribution is 6.74. The Balaban J connectivity index is 1.44. The quantitative estimate of drug-likeness (QED) is 0.134. The normalized spacial score (nSPS) is 17.6. The van der Waals surface area contributed by atoms with Crippen molar-refractivity contribution in [3.8, 4) is 0 Å². The minimum atomic E-state index is -2.11. The number of carboxylic acid groups (broad SMARTS) is 1. The molecule has 2 aromatic heterocycles. The van der Waals surface area contributed by atoms with Crippen LogP contribution in [0, 0.1) is 0 Å². The second-order valence-electron chi connectivity index (χ2n) is 13.7. The van der Waals surface area contributed by atoms with Gasteiger partial charge >= 0.3 is 6.09 Å². The molecule has 1 aliphatic heterocycles. The maximum atomic E-state index is 12.2. The molecule has 0 aliphatic carbocycles. The average molecular weight is 634 g/mol. The maximum absolute atomic E-state index is 12.2. The molecule has 1 amide bonds. The number of rotatable bonds is 8. The van der Waals surface area contributed by atoms with E-state index in [-0.39, 0.29) is 17.2 Å². The van der Waals surface area contributed by atoms with Crippen molar-refractivity contribution in [3.05, 3.63) is 126 Å². The number of nitrogens with one attached hydrogen (secondary N) is 1. The number of piperidine rings is 1. The smallest absolute Gasteiger partial charge is 0.407 e. The highest BCUT2D eigenvalue weighted by Crippen LogP contribution is 2.43. The van der Waals surface area contributed by atoms with Crippen molar-refractivity contribution in [2.45, 2.75) is 63.0 Å². The molecule has 2 N–H and O–H groups in total. The molecule has 3 heterocycles. The Labute approximate surface area is 272 Å². The van der Waals surface area contributed by atoms with Gasteiger partial charge in [-0.1, -0.05) is 112 Å². The lowest BCUT2D eigenvalue weighted by atomic mass is 9.76. The predicted octanol–water partition coefficient (Wildman–Crippen LogP) is 7.83. The number of amides is 1. The third-order valence-corrected chi connectivity index (χ3v) is 14.2. The predicted molar refractivity (Wildman–Crippen MR) is 186 cm³/mol. The molecular formula is C37H43N5O3Si. The number of anilines is 1. The number of hydrogen-bond donors (Lipinski definition) is 2. The van der Waals surface area contributed by atoms with Gasteiger partial charge in [-0.3, -0.25) is 0 Å². The van der Waals surface area contributed by atoms with Gasteiger partial charge < -0.3 is 24.3 Å². The summed E-state index contributed by atoms with van der Waals surface area (Å²) in [6.45, 7) is 11.7. The standard InChI is InChI=1S/C37H43N5O3Si/c1-36(2,3)46(4,5)45-31-23-30(24-41(25-31)35(43)44)40-33-32-21-22-42(34(32)39-26-38-33)37(27-15-9-6-10-16-27,28-17-11-7-12-18-28)29-19-13-8-14-20-29/h6-22,26,30-31H,23-25H2,1-5H3,(H,43,44)(H,38,39,40). The Bertz CT molecular complexity index is 1690. The van der Waals surface area contributed by atoms with Crippen molar-refractivity contribution in [3.63, 3.8) is 0 Å². The van der Waals surface area contributed by atoms with Crippen molar-refractivity contribution >= 4 is 31.3 Å². The Kier molecular flexibility index (Phi) is 8.48. The monoisotopic (exact) mass is 633 g/mol. The molecule has 0 saturated carbocycles. The highest BCUT2D eigenvalue weighted by Gasteiger charge is 2.42. The third-order valence-electron chi connectivity index (χ3n) is 9.71.